The van der Waals surface area contributed by atoms with Crippen LogP contribution in [0.5, 0.6) is 5.75 Å². The normalized spacial score (nSPS) is 11.4. The first kappa shape index (κ1) is 22.8. The molecule has 0 saturated heterocycles. The molecule has 2 N–H and O–H groups in total. The Morgan fingerprint density at radius 2 is 1.87 bits per heavy atom. The Hall–Kier alpha value is -2.91. The van der Waals surface area contributed by atoms with E-state index < -0.39 is 10.0 Å². The van der Waals surface area contributed by atoms with Gasteiger partial charge in [-0.1, -0.05) is 32.0 Å². The van der Waals surface area contributed by atoms with Crippen molar-refractivity contribution in [1.29, 1.82) is 0 Å². The van der Waals surface area contributed by atoms with Crippen molar-refractivity contribution in [3.63, 3.8) is 0 Å². The highest BCUT2D eigenvalue weighted by Crippen LogP contribution is 2.26. The highest BCUT2D eigenvalue weighted by Gasteiger charge is 2.11. The fourth-order valence-corrected chi connectivity index (χ4v) is 4.38. The average molecular weight is 460 g/mol. The highest BCUT2D eigenvalue weighted by molar-refractivity contribution is 7.92. The molecule has 0 atom stereocenters. The summed E-state index contributed by atoms with van der Waals surface area (Å²) in [6.45, 7) is 6.20. The van der Waals surface area contributed by atoms with Crippen molar-refractivity contribution in [2.24, 2.45) is 0 Å². The number of hydrogen-bond acceptors (Lipinski definition) is 6. The number of carbonyl (C=O) groups excluding carboxylic acids is 1. The number of hydrogen-bond donors (Lipinski definition) is 2. The first-order chi connectivity index (χ1) is 14.6. The van der Waals surface area contributed by atoms with Crippen molar-refractivity contribution >= 4 is 38.1 Å². The number of aryl methyl sites for hydroxylation is 1. The zero-order chi connectivity index (χ0) is 22.6. The molecule has 31 heavy (non-hydrogen) atoms. The summed E-state index contributed by atoms with van der Waals surface area (Å²) in [6, 6.07) is 12.7. The number of carbonyl (C=O) groups is 1. The summed E-state index contributed by atoms with van der Waals surface area (Å²) in [5.74, 6) is 0.794. The Balaban J connectivity index is 1.57. The molecule has 1 amide bonds. The number of nitrogens with one attached hydrogen (secondary N) is 2. The van der Waals surface area contributed by atoms with Gasteiger partial charge >= 0.3 is 0 Å². The van der Waals surface area contributed by atoms with Crippen LogP contribution in [-0.2, 0) is 14.8 Å². The fraction of sp³-hybridized carbons (Fsp3) is 0.273. The first-order valence-corrected chi connectivity index (χ1v) is 12.4. The van der Waals surface area contributed by atoms with Crippen LogP contribution in [0, 0.1) is 6.92 Å². The molecule has 0 unspecified atom stereocenters. The molecule has 0 fully saturated rings. The molecule has 2 aromatic carbocycles. The summed E-state index contributed by atoms with van der Waals surface area (Å²) in [4.78, 5) is 16.7. The fourth-order valence-electron chi connectivity index (χ4n) is 3.08. The zero-order valence-electron chi connectivity index (χ0n) is 17.8. The van der Waals surface area contributed by atoms with Gasteiger partial charge in [-0.05, 0) is 48.2 Å². The highest BCUT2D eigenvalue weighted by atomic mass is 32.2. The van der Waals surface area contributed by atoms with Gasteiger partial charge in [0.25, 0.3) is 5.91 Å². The predicted octanol–water partition coefficient (Wildman–Crippen LogP) is 4.63. The molecule has 3 aromatic rings. The summed E-state index contributed by atoms with van der Waals surface area (Å²) < 4.78 is 30.6. The molecular formula is C22H25N3O4S2. The number of thiazole rings is 1. The van der Waals surface area contributed by atoms with Crippen LogP contribution in [0.3, 0.4) is 0 Å². The van der Waals surface area contributed by atoms with Crippen molar-refractivity contribution in [1.82, 2.24) is 4.98 Å². The Kier molecular flexibility index (Phi) is 6.97. The molecule has 7 nitrogen and oxygen atoms in total. The van der Waals surface area contributed by atoms with Crippen LogP contribution in [0.4, 0.5) is 10.8 Å². The summed E-state index contributed by atoms with van der Waals surface area (Å²) in [5, 5.41) is 5.03. The Morgan fingerprint density at radius 3 is 2.48 bits per heavy atom. The molecular weight excluding hydrogens is 434 g/mol. The van der Waals surface area contributed by atoms with E-state index >= 15 is 0 Å². The van der Waals surface area contributed by atoms with Gasteiger partial charge in [-0.3, -0.25) is 14.8 Å². The average Bonchev–Trinajstić information content (AvgIpc) is 3.14. The van der Waals surface area contributed by atoms with Gasteiger partial charge in [0.2, 0.25) is 10.0 Å². The molecule has 0 radical (unpaired) electrons. The lowest BCUT2D eigenvalue weighted by Gasteiger charge is -2.12. The predicted molar refractivity (Wildman–Crippen MR) is 125 cm³/mol. The van der Waals surface area contributed by atoms with Crippen LogP contribution >= 0.6 is 11.3 Å². The van der Waals surface area contributed by atoms with Crippen molar-refractivity contribution < 1.29 is 17.9 Å². The molecule has 3 rings (SSSR count). The Labute approximate surface area is 186 Å². The minimum atomic E-state index is -3.32. The molecule has 0 aliphatic rings. The van der Waals surface area contributed by atoms with E-state index in [0.29, 0.717) is 28.2 Å². The van der Waals surface area contributed by atoms with E-state index in [-0.39, 0.29) is 12.5 Å². The third kappa shape index (κ3) is 6.53. The van der Waals surface area contributed by atoms with E-state index in [1.807, 2.05) is 30.5 Å². The molecule has 0 aliphatic carbocycles. The zero-order valence-corrected chi connectivity index (χ0v) is 19.4. The van der Waals surface area contributed by atoms with E-state index in [0.717, 1.165) is 17.4 Å². The topological polar surface area (TPSA) is 97.4 Å². The maximum absolute atomic E-state index is 12.2. The number of nitrogens with zero attached hydrogens (tertiary/aromatic N) is 1. The molecule has 0 spiro atoms. The summed E-state index contributed by atoms with van der Waals surface area (Å²) >= 11 is 1.31. The molecule has 9 heteroatoms. The van der Waals surface area contributed by atoms with Crippen LogP contribution in [0.1, 0.15) is 30.9 Å². The van der Waals surface area contributed by atoms with Crippen LogP contribution < -0.4 is 14.8 Å². The van der Waals surface area contributed by atoms with E-state index in [2.05, 4.69) is 28.9 Å². The SMILES string of the molecule is Cc1cc(OCC(=O)Nc2nc(-c3ccc(NS(C)(=O)=O)cc3)cs2)ccc1C(C)C. The second kappa shape index (κ2) is 9.49. The minimum absolute atomic E-state index is 0.110. The van der Waals surface area contributed by atoms with Gasteiger partial charge in [0.1, 0.15) is 5.75 Å². The number of ether oxygens (including phenoxy) is 1. The quantitative estimate of drug-likeness (QED) is 0.512. The lowest BCUT2D eigenvalue weighted by atomic mass is 9.98. The smallest absolute Gasteiger partial charge is 0.264 e. The van der Waals surface area contributed by atoms with Crippen molar-refractivity contribution in [2.75, 3.05) is 22.9 Å². The Morgan fingerprint density at radius 1 is 1.16 bits per heavy atom. The summed E-state index contributed by atoms with van der Waals surface area (Å²) in [6.07, 6.45) is 1.10. The third-order valence-electron chi connectivity index (χ3n) is 4.47. The van der Waals surface area contributed by atoms with Crippen LogP contribution in [-0.4, -0.2) is 32.2 Å². The number of rotatable bonds is 8. The van der Waals surface area contributed by atoms with Crippen molar-refractivity contribution in [2.45, 2.75) is 26.7 Å². The standard InChI is InChI=1S/C22H25N3O4S2/c1-14(2)19-10-9-18(11-15(19)3)29-12-21(26)24-22-23-20(13-30-22)16-5-7-17(8-6-16)25-31(4,27)28/h5-11,13-14,25H,12H2,1-4H3,(H,23,24,26). The number of sulfonamides is 1. The van der Waals surface area contributed by atoms with Gasteiger partial charge in [0, 0.05) is 16.6 Å². The number of amides is 1. The number of anilines is 2. The maximum Gasteiger partial charge on any atom is 0.264 e. The van der Waals surface area contributed by atoms with Gasteiger partial charge in [-0.15, -0.1) is 11.3 Å². The maximum atomic E-state index is 12.2. The van der Waals surface area contributed by atoms with E-state index in [1.54, 1.807) is 24.3 Å². The molecule has 0 aliphatic heterocycles. The number of benzene rings is 2. The van der Waals surface area contributed by atoms with Gasteiger partial charge in [0.15, 0.2) is 11.7 Å². The molecule has 1 heterocycles. The molecule has 0 bridgehead atoms. The largest absolute Gasteiger partial charge is 0.484 e. The van der Waals surface area contributed by atoms with Gasteiger partial charge < -0.3 is 4.74 Å². The number of aromatic nitrogens is 1. The van der Waals surface area contributed by atoms with Gasteiger partial charge in [-0.25, -0.2) is 13.4 Å². The second-order valence-electron chi connectivity index (χ2n) is 7.50. The lowest BCUT2D eigenvalue weighted by molar-refractivity contribution is -0.118. The van der Waals surface area contributed by atoms with Gasteiger partial charge in [-0.2, -0.15) is 0 Å². The molecule has 1 aromatic heterocycles. The summed E-state index contributed by atoms with van der Waals surface area (Å²) in [7, 11) is -3.32. The van der Waals surface area contributed by atoms with Crippen LogP contribution in [0.2, 0.25) is 0 Å². The summed E-state index contributed by atoms with van der Waals surface area (Å²) in [5.41, 5.74) is 4.37. The third-order valence-corrected chi connectivity index (χ3v) is 5.83. The van der Waals surface area contributed by atoms with Crippen molar-refractivity contribution in [3.8, 4) is 17.0 Å². The van der Waals surface area contributed by atoms with Crippen LogP contribution in [0.25, 0.3) is 11.3 Å². The van der Waals surface area contributed by atoms with Crippen molar-refractivity contribution in [3.05, 3.63) is 59.0 Å². The van der Waals surface area contributed by atoms with Gasteiger partial charge in [0.05, 0.1) is 11.9 Å². The minimum Gasteiger partial charge on any atom is -0.484 e. The molecule has 0 saturated carbocycles. The Bertz CT molecular complexity index is 1170. The van der Waals surface area contributed by atoms with E-state index in [1.165, 1.54) is 16.9 Å². The lowest BCUT2D eigenvalue weighted by Crippen LogP contribution is -2.20. The monoisotopic (exact) mass is 459 g/mol. The van der Waals surface area contributed by atoms with Crippen LogP contribution in [0.15, 0.2) is 47.8 Å². The first-order valence-electron chi connectivity index (χ1n) is 9.67. The van der Waals surface area contributed by atoms with E-state index in [4.69, 9.17) is 4.74 Å². The van der Waals surface area contributed by atoms with E-state index in [9.17, 15) is 13.2 Å². The molecule has 164 valence electrons. The second-order valence-corrected chi connectivity index (χ2v) is 10.1.